The van der Waals surface area contributed by atoms with Crippen LogP contribution in [0.25, 0.3) is 17.4 Å². The zero-order valence-electron chi connectivity index (χ0n) is 26.2. The number of carbonyl (C=O) groups is 3. The topological polar surface area (TPSA) is 130 Å². The van der Waals surface area contributed by atoms with Gasteiger partial charge in [-0.2, -0.15) is 0 Å². The normalized spacial score (nSPS) is 21.7. The molecule has 2 aliphatic carbocycles. The molecule has 0 radical (unpaired) electrons. The van der Waals surface area contributed by atoms with Crippen molar-refractivity contribution in [3.8, 4) is 22.8 Å². The van der Waals surface area contributed by atoms with Gasteiger partial charge in [-0.05, 0) is 73.3 Å². The van der Waals surface area contributed by atoms with Crippen LogP contribution in [0.5, 0.6) is 11.5 Å². The maximum atomic E-state index is 13.7. The van der Waals surface area contributed by atoms with Crippen LogP contribution in [0.3, 0.4) is 0 Å². The number of carboxylic acid groups (broad SMARTS) is 1. The molecular weight excluding hydrogens is 639 g/mol. The number of thioether (sulfide) groups is 1. The SMILES string of the molecule is COc1cc(OC)cc(-c2cc(CCCNC(=O)[C@@H](NC(=O)O)c3ccccc3)c(C=C3SC(=S)N(C4CC5CCC4C5)C3=O)o2)c1. The van der Waals surface area contributed by atoms with Crippen molar-refractivity contribution in [1.82, 2.24) is 15.5 Å². The van der Waals surface area contributed by atoms with Crippen molar-refractivity contribution in [3.05, 3.63) is 76.4 Å². The van der Waals surface area contributed by atoms with E-state index < -0.39 is 18.0 Å². The van der Waals surface area contributed by atoms with Crippen molar-refractivity contribution in [1.29, 1.82) is 0 Å². The van der Waals surface area contributed by atoms with E-state index in [0.717, 1.165) is 24.0 Å². The molecule has 3 aromatic rings. The molecule has 3 amide bonds. The Balaban J connectivity index is 1.22. The van der Waals surface area contributed by atoms with Crippen LogP contribution in [0.15, 0.2) is 63.9 Å². The predicted molar refractivity (Wildman–Crippen MR) is 183 cm³/mol. The lowest BCUT2D eigenvalue weighted by Crippen LogP contribution is -2.41. The lowest BCUT2D eigenvalue weighted by atomic mass is 9.94. The molecule has 12 heteroatoms. The number of thiocarbonyl (C=S) groups is 1. The molecule has 1 aliphatic heterocycles. The fourth-order valence-corrected chi connectivity index (χ4v) is 8.27. The second kappa shape index (κ2) is 14.2. The van der Waals surface area contributed by atoms with Gasteiger partial charge >= 0.3 is 6.09 Å². The molecule has 3 unspecified atom stereocenters. The van der Waals surface area contributed by atoms with Crippen LogP contribution in [-0.4, -0.2) is 59.0 Å². The van der Waals surface area contributed by atoms with Crippen LogP contribution in [0.2, 0.25) is 0 Å². The van der Waals surface area contributed by atoms with Gasteiger partial charge in [-0.25, -0.2) is 4.79 Å². The molecule has 3 fully saturated rings. The first-order chi connectivity index (χ1) is 22.7. The van der Waals surface area contributed by atoms with Gasteiger partial charge in [0.05, 0.1) is 19.1 Å². The Morgan fingerprint density at radius 2 is 1.85 bits per heavy atom. The summed E-state index contributed by atoms with van der Waals surface area (Å²) in [6.07, 6.45) is 6.12. The van der Waals surface area contributed by atoms with E-state index in [1.54, 1.807) is 56.7 Å². The summed E-state index contributed by atoms with van der Waals surface area (Å²) in [5.74, 6) is 3.00. The van der Waals surface area contributed by atoms with Crippen molar-refractivity contribution in [2.45, 2.75) is 50.6 Å². The quantitative estimate of drug-likeness (QED) is 0.113. The molecule has 1 saturated heterocycles. The summed E-state index contributed by atoms with van der Waals surface area (Å²) in [6.45, 7) is 0.294. The first-order valence-corrected chi connectivity index (χ1v) is 16.9. The zero-order valence-corrected chi connectivity index (χ0v) is 27.8. The maximum Gasteiger partial charge on any atom is 0.405 e. The number of ether oxygens (including phenoxy) is 2. The summed E-state index contributed by atoms with van der Waals surface area (Å²) in [5.41, 5.74) is 2.14. The summed E-state index contributed by atoms with van der Waals surface area (Å²) in [6, 6.07) is 15.2. The number of nitrogens with zero attached hydrogens (tertiary/aromatic N) is 1. The second-order valence-corrected chi connectivity index (χ2v) is 13.8. The number of rotatable bonds is 12. The van der Waals surface area contributed by atoms with Gasteiger partial charge < -0.3 is 29.6 Å². The Labute approximate surface area is 282 Å². The summed E-state index contributed by atoms with van der Waals surface area (Å²) < 4.78 is 17.9. The number of nitrogens with one attached hydrogen (secondary N) is 2. The van der Waals surface area contributed by atoms with Crippen LogP contribution < -0.4 is 20.1 Å². The Bertz CT molecular complexity index is 1680. The van der Waals surface area contributed by atoms with Crippen LogP contribution in [0.4, 0.5) is 4.79 Å². The number of amides is 3. The summed E-state index contributed by atoms with van der Waals surface area (Å²) in [5, 5.41) is 14.5. The number of aryl methyl sites for hydroxylation is 1. The molecule has 246 valence electrons. The van der Waals surface area contributed by atoms with Gasteiger partial charge in [-0.15, -0.1) is 0 Å². The van der Waals surface area contributed by atoms with E-state index in [0.29, 0.717) is 69.0 Å². The Morgan fingerprint density at radius 1 is 1.11 bits per heavy atom. The number of carbonyl (C=O) groups excluding carboxylic acids is 2. The molecule has 6 rings (SSSR count). The molecule has 2 bridgehead atoms. The molecule has 3 aliphatic rings. The van der Waals surface area contributed by atoms with E-state index >= 15 is 0 Å². The highest BCUT2D eigenvalue weighted by Crippen LogP contribution is 2.49. The minimum absolute atomic E-state index is 0.0744. The first kappa shape index (κ1) is 32.6. The third-order valence-electron chi connectivity index (χ3n) is 9.18. The molecule has 4 atom stereocenters. The Kier molecular flexibility index (Phi) is 9.88. The highest BCUT2D eigenvalue weighted by Gasteiger charge is 2.48. The van der Waals surface area contributed by atoms with Gasteiger partial charge in [0.2, 0.25) is 5.91 Å². The largest absolute Gasteiger partial charge is 0.497 e. The van der Waals surface area contributed by atoms with Crippen molar-refractivity contribution < 1.29 is 33.4 Å². The fourth-order valence-electron chi connectivity index (χ4n) is 6.93. The van der Waals surface area contributed by atoms with E-state index in [1.807, 2.05) is 23.1 Å². The van der Waals surface area contributed by atoms with Gasteiger partial charge in [-0.3, -0.25) is 14.5 Å². The minimum atomic E-state index is -1.29. The minimum Gasteiger partial charge on any atom is -0.497 e. The highest BCUT2D eigenvalue weighted by molar-refractivity contribution is 8.26. The molecule has 2 saturated carbocycles. The third-order valence-corrected chi connectivity index (χ3v) is 10.5. The number of hydrogen-bond donors (Lipinski definition) is 3. The van der Waals surface area contributed by atoms with Crippen LogP contribution in [-0.2, 0) is 16.0 Å². The van der Waals surface area contributed by atoms with Crippen molar-refractivity contribution in [3.63, 3.8) is 0 Å². The van der Waals surface area contributed by atoms with Crippen LogP contribution in [0.1, 0.15) is 55.0 Å². The third kappa shape index (κ3) is 7.18. The smallest absolute Gasteiger partial charge is 0.405 e. The molecule has 10 nitrogen and oxygen atoms in total. The van der Waals surface area contributed by atoms with Gasteiger partial charge in [-0.1, -0.05) is 60.7 Å². The summed E-state index contributed by atoms with van der Waals surface area (Å²) >= 11 is 7.02. The second-order valence-electron chi connectivity index (χ2n) is 12.1. The number of benzene rings is 2. The zero-order chi connectivity index (χ0) is 33.1. The maximum absolute atomic E-state index is 13.7. The summed E-state index contributed by atoms with van der Waals surface area (Å²) in [4.78, 5) is 40.5. The first-order valence-electron chi connectivity index (χ1n) is 15.7. The Morgan fingerprint density at radius 3 is 2.49 bits per heavy atom. The molecule has 2 heterocycles. The predicted octanol–water partition coefficient (Wildman–Crippen LogP) is 6.41. The van der Waals surface area contributed by atoms with Gasteiger partial charge in [0.1, 0.15) is 33.4 Å². The fraction of sp³-hybridized carbons (Fsp3) is 0.371. The molecule has 47 heavy (non-hydrogen) atoms. The molecule has 2 aromatic carbocycles. The molecular formula is C35H37N3O7S2. The average Bonchev–Trinajstić information content (AvgIpc) is 3.86. The van der Waals surface area contributed by atoms with E-state index in [-0.39, 0.29) is 11.9 Å². The van der Waals surface area contributed by atoms with Gasteiger partial charge in [0, 0.05) is 30.3 Å². The number of furan rings is 1. The van der Waals surface area contributed by atoms with Crippen molar-refractivity contribution in [2.75, 3.05) is 20.8 Å². The van der Waals surface area contributed by atoms with E-state index in [9.17, 15) is 19.5 Å². The summed E-state index contributed by atoms with van der Waals surface area (Å²) in [7, 11) is 3.16. The van der Waals surface area contributed by atoms with Gasteiger partial charge in [0.15, 0.2) is 0 Å². The average molecular weight is 676 g/mol. The van der Waals surface area contributed by atoms with E-state index in [2.05, 4.69) is 10.6 Å². The number of hydrogen-bond acceptors (Lipinski definition) is 8. The standard InChI is InChI=1S/C35H37N3O7S2/c1-43-25-15-24(16-26(18-25)44-2)28-17-23(9-6-12-36-32(39)31(37-34(41)42)21-7-4-3-5-8-21)29(45-28)19-30-33(40)38(35(46)47-30)27-14-20-10-11-22(27)13-20/h3-5,7-8,15-20,22,27,31,37H,6,9-14H2,1-2H3,(H,36,39)(H,41,42)/t20?,22?,27?,31-/m0/s1. The van der Waals surface area contributed by atoms with Crippen molar-refractivity contribution in [2.24, 2.45) is 11.8 Å². The Hall–Kier alpha value is -4.29. The monoisotopic (exact) mass is 675 g/mol. The van der Waals surface area contributed by atoms with Crippen LogP contribution in [0, 0.1) is 11.8 Å². The molecule has 1 aromatic heterocycles. The van der Waals surface area contributed by atoms with Crippen LogP contribution >= 0.6 is 24.0 Å². The molecule has 3 N–H and O–H groups in total. The number of fused-ring (bicyclic) bond motifs is 2. The lowest BCUT2D eigenvalue weighted by Gasteiger charge is -2.30. The number of methoxy groups -OCH3 is 2. The van der Waals surface area contributed by atoms with E-state index in [1.165, 1.54) is 24.6 Å². The van der Waals surface area contributed by atoms with Gasteiger partial charge in [0.25, 0.3) is 5.91 Å². The van der Waals surface area contributed by atoms with E-state index in [4.69, 9.17) is 26.1 Å². The lowest BCUT2D eigenvalue weighted by molar-refractivity contribution is -0.124. The van der Waals surface area contributed by atoms with Crippen molar-refractivity contribution >= 4 is 52.3 Å². The molecule has 0 spiro atoms. The highest BCUT2D eigenvalue weighted by atomic mass is 32.2.